The Morgan fingerprint density at radius 2 is 1.74 bits per heavy atom. The zero-order valence-corrected chi connectivity index (χ0v) is 18.0. The molecule has 0 fully saturated rings. The number of amides is 1. The van der Waals surface area contributed by atoms with E-state index in [2.05, 4.69) is 5.32 Å². The molecule has 1 N–H and O–H groups in total. The minimum atomic E-state index is -3.91. The Kier molecular flexibility index (Phi) is 5.56. The number of aromatic nitrogens is 1. The third kappa shape index (κ3) is 4.06. The summed E-state index contributed by atoms with van der Waals surface area (Å²) in [7, 11) is -3.91. The van der Waals surface area contributed by atoms with Crippen LogP contribution in [-0.2, 0) is 21.2 Å². The molecular weight excluding hydrogens is 439 g/mol. The van der Waals surface area contributed by atoms with Crippen LogP contribution >= 0.6 is 11.6 Å². The van der Waals surface area contributed by atoms with Gasteiger partial charge in [-0.1, -0.05) is 35.9 Å². The average Bonchev–Trinajstić information content (AvgIpc) is 3.11. The summed E-state index contributed by atoms with van der Waals surface area (Å²) in [6.07, 6.45) is 1.44. The largest absolute Gasteiger partial charge is 0.337 e. The summed E-state index contributed by atoms with van der Waals surface area (Å²) in [5.74, 6) is -0.841. The second kappa shape index (κ2) is 8.17. The molecule has 0 saturated carbocycles. The van der Waals surface area contributed by atoms with Gasteiger partial charge in [-0.2, -0.15) is 0 Å². The Balaban J connectivity index is 1.71. The number of halogens is 2. The Bertz CT molecular complexity index is 1400. The van der Waals surface area contributed by atoms with Crippen molar-refractivity contribution in [1.82, 2.24) is 4.57 Å². The molecule has 1 amide bonds. The van der Waals surface area contributed by atoms with Crippen molar-refractivity contribution in [2.75, 3.05) is 5.32 Å². The van der Waals surface area contributed by atoms with Gasteiger partial charge in [-0.15, -0.1) is 0 Å². The maximum absolute atomic E-state index is 13.3. The summed E-state index contributed by atoms with van der Waals surface area (Å²) in [5, 5.41) is 3.84. The van der Waals surface area contributed by atoms with Crippen LogP contribution in [0.2, 0.25) is 5.02 Å². The number of carbonyl (C=O) groups excluding carboxylic acids is 1. The van der Waals surface area contributed by atoms with Crippen LogP contribution < -0.4 is 5.32 Å². The number of nitrogens with zero attached hydrogens (tertiary/aromatic N) is 1. The van der Waals surface area contributed by atoms with Crippen molar-refractivity contribution >= 4 is 43.9 Å². The number of anilines is 1. The van der Waals surface area contributed by atoms with Crippen molar-refractivity contribution < 1.29 is 17.6 Å². The molecule has 3 aromatic carbocycles. The first kappa shape index (κ1) is 21.1. The topological polar surface area (TPSA) is 68.2 Å². The standard InChI is InChI=1S/C23H18ClFN2O3S/c1-15-19(24)6-4-7-20(15)26-23(28)14-27-13-22(18-5-2-3-8-21(18)27)31(29,30)17-11-9-16(25)10-12-17/h2-13H,14H2,1H3,(H,26,28). The van der Waals surface area contributed by atoms with Crippen LogP contribution in [0.4, 0.5) is 10.1 Å². The zero-order chi connectivity index (χ0) is 22.2. The minimum Gasteiger partial charge on any atom is -0.337 e. The first-order chi connectivity index (χ1) is 14.8. The van der Waals surface area contributed by atoms with Crippen molar-refractivity contribution in [2.24, 2.45) is 0 Å². The molecule has 0 aliphatic heterocycles. The van der Waals surface area contributed by atoms with Gasteiger partial charge in [0.15, 0.2) is 0 Å². The molecule has 5 nitrogen and oxygen atoms in total. The van der Waals surface area contributed by atoms with Crippen LogP contribution in [0.3, 0.4) is 0 Å². The highest BCUT2D eigenvalue weighted by Crippen LogP contribution is 2.30. The second-order valence-electron chi connectivity index (χ2n) is 7.06. The van der Waals surface area contributed by atoms with Crippen LogP contribution in [0.15, 0.2) is 82.7 Å². The van der Waals surface area contributed by atoms with E-state index in [1.807, 2.05) is 0 Å². The van der Waals surface area contributed by atoms with Crippen molar-refractivity contribution in [3.8, 4) is 0 Å². The van der Waals surface area contributed by atoms with E-state index in [4.69, 9.17) is 11.6 Å². The van der Waals surface area contributed by atoms with Gasteiger partial charge in [-0.05, 0) is 55.0 Å². The van der Waals surface area contributed by atoms with E-state index in [-0.39, 0.29) is 22.2 Å². The number of hydrogen-bond donors (Lipinski definition) is 1. The first-order valence-electron chi connectivity index (χ1n) is 9.41. The lowest BCUT2D eigenvalue weighted by atomic mass is 10.2. The molecule has 0 aliphatic carbocycles. The molecule has 1 heterocycles. The lowest BCUT2D eigenvalue weighted by molar-refractivity contribution is -0.116. The molecule has 4 aromatic rings. The van der Waals surface area contributed by atoms with Crippen LogP contribution in [-0.4, -0.2) is 18.9 Å². The van der Waals surface area contributed by atoms with Gasteiger partial charge in [-0.3, -0.25) is 4.79 Å². The average molecular weight is 457 g/mol. The highest BCUT2D eigenvalue weighted by atomic mass is 35.5. The molecule has 0 atom stereocenters. The quantitative estimate of drug-likeness (QED) is 0.419. The van der Waals surface area contributed by atoms with Crippen molar-refractivity contribution in [3.63, 3.8) is 0 Å². The lowest BCUT2D eigenvalue weighted by Gasteiger charge is -2.10. The molecule has 158 valence electrons. The van der Waals surface area contributed by atoms with E-state index in [0.29, 0.717) is 21.6 Å². The summed E-state index contributed by atoms with van der Waals surface area (Å²) in [6.45, 7) is 1.71. The summed E-state index contributed by atoms with van der Waals surface area (Å²) in [6, 6.07) is 16.8. The van der Waals surface area contributed by atoms with E-state index >= 15 is 0 Å². The number of nitrogens with one attached hydrogen (secondary N) is 1. The van der Waals surface area contributed by atoms with Gasteiger partial charge in [0.2, 0.25) is 15.7 Å². The van der Waals surface area contributed by atoms with Gasteiger partial charge < -0.3 is 9.88 Å². The highest BCUT2D eigenvalue weighted by molar-refractivity contribution is 7.91. The predicted octanol–water partition coefficient (Wildman–Crippen LogP) is 5.21. The maximum Gasteiger partial charge on any atom is 0.244 e. The zero-order valence-electron chi connectivity index (χ0n) is 16.5. The third-order valence-corrected chi connectivity index (χ3v) is 7.23. The summed E-state index contributed by atoms with van der Waals surface area (Å²) < 4.78 is 41.2. The van der Waals surface area contributed by atoms with Crippen molar-refractivity contribution in [2.45, 2.75) is 23.3 Å². The number of para-hydroxylation sites is 1. The number of benzene rings is 3. The molecule has 0 spiro atoms. The summed E-state index contributed by atoms with van der Waals surface area (Å²) in [4.78, 5) is 12.7. The van der Waals surface area contributed by atoms with E-state index in [0.717, 1.165) is 17.7 Å². The molecule has 1 aromatic heterocycles. The fourth-order valence-electron chi connectivity index (χ4n) is 3.39. The Labute approximate surface area is 184 Å². The van der Waals surface area contributed by atoms with Crippen molar-refractivity contribution in [3.05, 3.63) is 89.3 Å². The number of hydrogen-bond acceptors (Lipinski definition) is 3. The first-order valence-corrected chi connectivity index (χ1v) is 11.3. The van der Waals surface area contributed by atoms with Crippen molar-refractivity contribution in [1.29, 1.82) is 0 Å². The summed E-state index contributed by atoms with van der Waals surface area (Å²) >= 11 is 6.11. The van der Waals surface area contributed by atoms with Crippen LogP contribution in [0.5, 0.6) is 0 Å². The molecule has 8 heteroatoms. The minimum absolute atomic E-state index is 0.0178. The molecule has 0 aliphatic rings. The fraction of sp³-hybridized carbons (Fsp3) is 0.0870. The third-order valence-electron chi connectivity index (χ3n) is 5.02. The lowest BCUT2D eigenvalue weighted by Crippen LogP contribution is -2.18. The highest BCUT2D eigenvalue weighted by Gasteiger charge is 2.24. The van der Waals surface area contributed by atoms with E-state index in [1.165, 1.54) is 18.3 Å². The summed E-state index contributed by atoms with van der Waals surface area (Å²) in [5.41, 5.74) is 1.93. The van der Waals surface area contributed by atoms with E-state index < -0.39 is 15.7 Å². The number of fused-ring (bicyclic) bond motifs is 1. The smallest absolute Gasteiger partial charge is 0.244 e. The van der Waals surface area contributed by atoms with Crippen LogP contribution in [0.25, 0.3) is 10.9 Å². The number of rotatable bonds is 5. The van der Waals surface area contributed by atoms with Crippen LogP contribution in [0, 0.1) is 12.7 Å². The molecule has 0 saturated heterocycles. The van der Waals surface area contributed by atoms with Gasteiger partial charge in [0.1, 0.15) is 12.4 Å². The predicted molar refractivity (Wildman–Crippen MR) is 119 cm³/mol. The fourth-order valence-corrected chi connectivity index (χ4v) is 5.04. The van der Waals surface area contributed by atoms with Gasteiger partial charge >= 0.3 is 0 Å². The molecule has 0 bridgehead atoms. The monoisotopic (exact) mass is 456 g/mol. The maximum atomic E-state index is 13.3. The van der Waals surface area contributed by atoms with E-state index in [9.17, 15) is 17.6 Å². The van der Waals surface area contributed by atoms with Gasteiger partial charge in [0.05, 0.1) is 9.79 Å². The Hall–Kier alpha value is -3.16. The molecular formula is C23H18ClFN2O3S. The molecule has 0 unspecified atom stereocenters. The molecule has 0 radical (unpaired) electrons. The molecule has 31 heavy (non-hydrogen) atoms. The normalized spacial score (nSPS) is 11.6. The van der Waals surface area contributed by atoms with Gasteiger partial charge in [0.25, 0.3) is 0 Å². The van der Waals surface area contributed by atoms with Crippen LogP contribution in [0.1, 0.15) is 5.56 Å². The number of carbonyl (C=O) groups is 1. The second-order valence-corrected chi connectivity index (χ2v) is 9.38. The Morgan fingerprint density at radius 3 is 2.48 bits per heavy atom. The Morgan fingerprint density at radius 1 is 1.03 bits per heavy atom. The number of sulfone groups is 1. The molecule has 4 rings (SSSR count). The van der Waals surface area contributed by atoms with Gasteiger partial charge in [-0.25, -0.2) is 12.8 Å². The SMILES string of the molecule is Cc1c(Cl)cccc1NC(=O)Cn1cc(S(=O)(=O)c2ccc(F)cc2)c2ccccc21. The van der Waals surface area contributed by atoms with E-state index in [1.54, 1.807) is 54.0 Å². The van der Waals surface area contributed by atoms with Gasteiger partial charge in [0, 0.05) is 27.8 Å².